The summed E-state index contributed by atoms with van der Waals surface area (Å²) in [5.74, 6) is 0.615. The summed E-state index contributed by atoms with van der Waals surface area (Å²) in [5, 5.41) is 1.78. The number of aromatic nitrogens is 2. The molecule has 27 heavy (non-hydrogen) atoms. The largest absolute Gasteiger partial charge is 0.297 e. The fourth-order valence-corrected chi connectivity index (χ4v) is 3.17. The maximum atomic E-state index is 13.1. The fraction of sp³-hybridized carbons (Fsp3) is 0.143. The number of aliphatic imine (C=N–C) groups is 1. The Morgan fingerprint density at radius 3 is 2.44 bits per heavy atom. The van der Waals surface area contributed by atoms with Gasteiger partial charge in [0.25, 0.3) is 11.5 Å². The molecule has 0 fully saturated rings. The lowest BCUT2D eigenvalue weighted by Gasteiger charge is -2.21. The summed E-state index contributed by atoms with van der Waals surface area (Å²) >= 11 is 0. The summed E-state index contributed by atoms with van der Waals surface area (Å²) in [5.41, 5.74) is 1.51. The van der Waals surface area contributed by atoms with Gasteiger partial charge >= 0.3 is 0 Å². The SMILES string of the molecule is CCc1nc2ccccc2c(=O)n1N1C(=O)C(=Cc2ccccc2)N=C1C. The molecule has 0 radical (unpaired) electrons. The monoisotopic (exact) mass is 358 g/mol. The van der Waals surface area contributed by atoms with Crippen molar-refractivity contribution in [3.8, 4) is 0 Å². The molecular formula is C21H18N4O2. The molecule has 1 aromatic heterocycles. The molecule has 0 saturated carbocycles. The number of hydrogen-bond acceptors (Lipinski definition) is 4. The van der Waals surface area contributed by atoms with Crippen molar-refractivity contribution in [1.82, 2.24) is 9.66 Å². The van der Waals surface area contributed by atoms with E-state index in [1.54, 1.807) is 31.2 Å². The number of carbonyl (C=O) groups excluding carboxylic acids is 1. The van der Waals surface area contributed by atoms with Crippen LogP contribution in [0.5, 0.6) is 0 Å². The molecule has 0 bridgehead atoms. The Balaban J connectivity index is 1.86. The van der Waals surface area contributed by atoms with Crippen molar-refractivity contribution in [2.24, 2.45) is 4.99 Å². The molecule has 134 valence electrons. The maximum absolute atomic E-state index is 13.1. The molecule has 6 nitrogen and oxygen atoms in total. The van der Waals surface area contributed by atoms with E-state index in [-0.39, 0.29) is 11.5 Å². The number of amides is 1. The van der Waals surface area contributed by atoms with Gasteiger partial charge in [-0.25, -0.2) is 9.98 Å². The van der Waals surface area contributed by atoms with Crippen LogP contribution >= 0.6 is 0 Å². The maximum Gasteiger partial charge on any atom is 0.297 e. The summed E-state index contributed by atoms with van der Waals surface area (Å²) in [6.45, 7) is 3.62. The molecule has 0 saturated heterocycles. The lowest BCUT2D eigenvalue weighted by Crippen LogP contribution is -2.48. The number of fused-ring (bicyclic) bond motifs is 1. The zero-order chi connectivity index (χ0) is 19.0. The summed E-state index contributed by atoms with van der Waals surface area (Å²) in [6, 6.07) is 16.6. The highest BCUT2D eigenvalue weighted by atomic mass is 16.2. The van der Waals surface area contributed by atoms with E-state index in [0.29, 0.717) is 34.7 Å². The van der Waals surface area contributed by atoms with Crippen LogP contribution in [0.25, 0.3) is 17.0 Å². The zero-order valence-electron chi connectivity index (χ0n) is 15.1. The van der Waals surface area contributed by atoms with Gasteiger partial charge < -0.3 is 0 Å². The number of carbonyl (C=O) groups is 1. The van der Waals surface area contributed by atoms with Crippen LogP contribution in [0.3, 0.4) is 0 Å². The number of benzene rings is 2. The van der Waals surface area contributed by atoms with Crippen LogP contribution in [0.4, 0.5) is 0 Å². The quantitative estimate of drug-likeness (QED) is 0.676. The van der Waals surface area contributed by atoms with Gasteiger partial charge in [-0.05, 0) is 30.7 Å². The molecule has 0 atom stereocenters. The lowest BCUT2D eigenvalue weighted by molar-refractivity contribution is -0.115. The number of amidine groups is 1. The van der Waals surface area contributed by atoms with Crippen molar-refractivity contribution in [2.75, 3.05) is 5.01 Å². The highest BCUT2D eigenvalue weighted by Crippen LogP contribution is 2.18. The zero-order valence-corrected chi connectivity index (χ0v) is 15.1. The Bertz CT molecular complexity index is 1160. The number of rotatable bonds is 3. The van der Waals surface area contributed by atoms with Crippen LogP contribution in [0.2, 0.25) is 0 Å². The van der Waals surface area contributed by atoms with E-state index in [0.717, 1.165) is 5.56 Å². The third-order valence-corrected chi connectivity index (χ3v) is 4.44. The number of hydrogen-bond donors (Lipinski definition) is 0. The van der Waals surface area contributed by atoms with Crippen molar-refractivity contribution in [2.45, 2.75) is 20.3 Å². The van der Waals surface area contributed by atoms with Gasteiger partial charge in [-0.3, -0.25) is 9.59 Å². The topological polar surface area (TPSA) is 67.6 Å². The summed E-state index contributed by atoms with van der Waals surface area (Å²) in [6.07, 6.45) is 2.23. The van der Waals surface area contributed by atoms with Gasteiger partial charge in [0.1, 0.15) is 17.4 Å². The second kappa shape index (κ2) is 6.64. The Labute approximate surface area is 156 Å². The van der Waals surface area contributed by atoms with Crippen LogP contribution in [-0.4, -0.2) is 21.4 Å². The van der Waals surface area contributed by atoms with E-state index in [2.05, 4.69) is 9.98 Å². The first-order valence-corrected chi connectivity index (χ1v) is 8.77. The van der Waals surface area contributed by atoms with E-state index in [1.165, 1.54) is 9.69 Å². The van der Waals surface area contributed by atoms with Crippen molar-refractivity contribution in [3.63, 3.8) is 0 Å². The number of para-hydroxylation sites is 1. The molecule has 4 rings (SSSR count). The van der Waals surface area contributed by atoms with E-state index in [9.17, 15) is 9.59 Å². The summed E-state index contributed by atoms with van der Waals surface area (Å²) < 4.78 is 1.34. The smallest absolute Gasteiger partial charge is 0.267 e. The van der Waals surface area contributed by atoms with Gasteiger partial charge in [-0.15, -0.1) is 0 Å². The van der Waals surface area contributed by atoms with E-state index >= 15 is 0 Å². The molecular weight excluding hydrogens is 340 g/mol. The van der Waals surface area contributed by atoms with Crippen molar-refractivity contribution in [3.05, 3.63) is 82.0 Å². The van der Waals surface area contributed by atoms with E-state index in [4.69, 9.17) is 0 Å². The standard InChI is InChI=1S/C21H18N4O2/c1-3-19-23-17-12-8-7-11-16(17)20(26)25(19)24-14(2)22-18(21(24)27)13-15-9-5-4-6-10-15/h4-13H,3H2,1-2H3. The molecule has 3 aromatic rings. The third-order valence-electron chi connectivity index (χ3n) is 4.44. The van der Waals surface area contributed by atoms with Crippen molar-refractivity contribution < 1.29 is 4.79 Å². The predicted molar refractivity (Wildman–Crippen MR) is 106 cm³/mol. The van der Waals surface area contributed by atoms with Gasteiger partial charge in [0, 0.05) is 6.42 Å². The summed E-state index contributed by atoms with van der Waals surface area (Å²) in [4.78, 5) is 35.1. The Hall–Kier alpha value is -3.54. The van der Waals surface area contributed by atoms with E-state index < -0.39 is 0 Å². The molecule has 6 heteroatoms. The van der Waals surface area contributed by atoms with Crippen LogP contribution in [-0.2, 0) is 11.2 Å². The molecule has 1 aliphatic heterocycles. The van der Waals surface area contributed by atoms with Crippen LogP contribution < -0.4 is 10.6 Å². The first-order chi connectivity index (χ1) is 13.1. The molecule has 1 amide bonds. The average Bonchev–Trinajstić information content (AvgIpc) is 2.96. The minimum absolute atomic E-state index is 0.277. The Morgan fingerprint density at radius 2 is 1.70 bits per heavy atom. The average molecular weight is 358 g/mol. The van der Waals surface area contributed by atoms with E-state index in [1.807, 2.05) is 43.3 Å². The Morgan fingerprint density at radius 1 is 1.00 bits per heavy atom. The molecule has 2 heterocycles. The third kappa shape index (κ3) is 2.85. The van der Waals surface area contributed by atoms with Crippen molar-refractivity contribution in [1.29, 1.82) is 0 Å². The summed E-state index contributed by atoms with van der Waals surface area (Å²) in [7, 11) is 0. The fourth-order valence-electron chi connectivity index (χ4n) is 3.17. The molecule has 1 aliphatic rings. The number of nitrogens with zero attached hydrogens (tertiary/aromatic N) is 4. The van der Waals surface area contributed by atoms with Gasteiger partial charge in [-0.2, -0.15) is 9.69 Å². The lowest BCUT2D eigenvalue weighted by atomic mass is 10.2. The highest BCUT2D eigenvalue weighted by molar-refractivity contribution is 6.23. The highest BCUT2D eigenvalue weighted by Gasteiger charge is 2.32. The van der Waals surface area contributed by atoms with Gasteiger partial charge in [-0.1, -0.05) is 49.4 Å². The molecule has 2 aromatic carbocycles. The van der Waals surface area contributed by atoms with Crippen molar-refractivity contribution >= 4 is 28.7 Å². The first-order valence-electron chi connectivity index (χ1n) is 8.77. The minimum Gasteiger partial charge on any atom is -0.267 e. The molecule has 0 N–H and O–H groups in total. The Kier molecular flexibility index (Phi) is 4.16. The van der Waals surface area contributed by atoms with Gasteiger partial charge in [0.2, 0.25) is 0 Å². The second-order valence-corrected chi connectivity index (χ2v) is 6.23. The molecule has 0 aliphatic carbocycles. The normalized spacial score (nSPS) is 15.6. The first kappa shape index (κ1) is 16.9. The predicted octanol–water partition coefficient (Wildman–Crippen LogP) is 2.90. The van der Waals surface area contributed by atoms with Crippen LogP contribution in [0, 0.1) is 0 Å². The molecule has 0 unspecified atom stereocenters. The molecule has 0 spiro atoms. The minimum atomic E-state index is -0.342. The van der Waals surface area contributed by atoms with Gasteiger partial charge in [0.15, 0.2) is 0 Å². The second-order valence-electron chi connectivity index (χ2n) is 6.23. The van der Waals surface area contributed by atoms with Crippen LogP contribution in [0.1, 0.15) is 25.2 Å². The number of aryl methyl sites for hydroxylation is 1. The van der Waals surface area contributed by atoms with Gasteiger partial charge in [0.05, 0.1) is 10.9 Å². The van der Waals surface area contributed by atoms with Crippen LogP contribution in [0.15, 0.2) is 70.1 Å².